The van der Waals surface area contributed by atoms with Gasteiger partial charge in [-0.05, 0) is 18.2 Å². The third-order valence-electron chi connectivity index (χ3n) is 4.77. The van der Waals surface area contributed by atoms with Crippen LogP contribution in [-0.2, 0) is 16.2 Å². The molecule has 1 N–H and O–H groups in total. The fraction of sp³-hybridized carbons (Fsp3) is 0.200. The summed E-state index contributed by atoms with van der Waals surface area (Å²) in [6.45, 7) is -0.0807. The molecule has 182 valence electrons. The fourth-order valence-corrected chi connectivity index (χ4v) is 6.54. The van der Waals surface area contributed by atoms with E-state index in [0.717, 1.165) is 23.1 Å². The Labute approximate surface area is 220 Å². The number of carboxylic acid groups (broad SMARTS) is 1. The highest BCUT2D eigenvalue weighted by Gasteiger charge is 2.46. The lowest BCUT2D eigenvalue weighted by atomic mass is 10.1. The van der Waals surface area contributed by atoms with Gasteiger partial charge >= 0.3 is 5.97 Å². The van der Waals surface area contributed by atoms with Gasteiger partial charge in [0.15, 0.2) is 10.8 Å². The number of carbonyl (C=O) groups is 2. The summed E-state index contributed by atoms with van der Waals surface area (Å²) in [5.41, 5.74) is 0.0512. The third-order valence-corrected chi connectivity index (χ3v) is 7.86. The van der Waals surface area contributed by atoms with Crippen molar-refractivity contribution >= 4 is 80.6 Å². The average molecular weight is 576 g/mol. The van der Waals surface area contributed by atoms with Crippen LogP contribution in [0.3, 0.4) is 0 Å². The Morgan fingerprint density at radius 3 is 2.54 bits per heavy atom. The van der Waals surface area contributed by atoms with Crippen LogP contribution in [0.5, 0.6) is 5.75 Å². The van der Waals surface area contributed by atoms with Crippen molar-refractivity contribution in [3.63, 3.8) is 0 Å². The molecule has 1 saturated heterocycles. The number of benzene rings is 2. The van der Waals surface area contributed by atoms with Crippen LogP contribution in [0.25, 0.3) is 0 Å². The van der Waals surface area contributed by atoms with Crippen molar-refractivity contribution < 1.29 is 24.4 Å². The molecule has 2 unspecified atom stereocenters. The number of hydrogen-bond donors (Lipinski definition) is 1. The van der Waals surface area contributed by atoms with Crippen LogP contribution in [-0.4, -0.2) is 37.4 Å². The van der Waals surface area contributed by atoms with Gasteiger partial charge in [0.25, 0.3) is 5.69 Å². The number of anilines is 1. The van der Waals surface area contributed by atoms with E-state index in [2.05, 4.69) is 10.2 Å². The summed E-state index contributed by atoms with van der Waals surface area (Å²) in [5.74, 6) is -1.50. The molecule has 3 aromatic rings. The molecule has 2 atom stereocenters. The molecule has 2 aromatic carbocycles. The summed E-state index contributed by atoms with van der Waals surface area (Å²) in [7, 11) is 0. The molecule has 1 aliphatic heterocycles. The molecule has 10 nitrogen and oxygen atoms in total. The number of amides is 1. The molecule has 0 spiro atoms. The number of halogens is 3. The Balaban J connectivity index is 1.63. The number of thioether (sulfide) groups is 1. The van der Waals surface area contributed by atoms with E-state index >= 15 is 0 Å². The smallest absolute Gasteiger partial charge is 0.305 e. The zero-order valence-electron chi connectivity index (χ0n) is 17.3. The molecule has 2 heterocycles. The number of aliphatic carboxylic acids is 1. The molecule has 35 heavy (non-hydrogen) atoms. The van der Waals surface area contributed by atoms with Crippen molar-refractivity contribution in [1.29, 1.82) is 0 Å². The first-order chi connectivity index (χ1) is 16.7. The Hall–Kier alpha value is -2.64. The Morgan fingerprint density at radius 2 is 1.89 bits per heavy atom. The second-order valence-electron chi connectivity index (χ2n) is 7.06. The fourth-order valence-electron chi connectivity index (χ4n) is 3.31. The highest BCUT2D eigenvalue weighted by Crippen LogP contribution is 2.49. The first kappa shape index (κ1) is 25.5. The van der Waals surface area contributed by atoms with Gasteiger partial charge in [0.05, 0.1) is 32.2 Å². The van der Waals surface area contributed by atoms with E-state index in [-0.39, 0.29) is 38.8 Å². The molecule has 1 fully saturated rings. The molecule has 1 aliphatic rings. The van der Waals surface area contributed by atoms with Crippen molar-refractivity contribution in [3.8, 4) is 5.75 Å². The van der Waals surface area contributed by atoms with E-state index in [1.54, 1.807) is 6.07 Å². The summed E-state index contributed by atoms with van der Waals surface area (Å²) in [5, 5.41) is 28.3. The number of nitro benzene ring substituents is 1. The maximum absolute atomic E-state index is 13.1. The number of carboxylic acids is 1. The van der Waals surface area contributed by atoms with E-state index < -0.39 is 33.8 Å². The molecular weight excluding hydrogens is 563 g/mol. The highest BCUT2D eigenvalue weighted by atomic mass is 35.5. The van der Waals surface area contributed by atoms with Gasteiger partial charge in [0.2, 0.25) is 11.0 Å². The number of nitro groups is 1. The summed E-state index contributed by atoms with van der Waals surface area (Å²) < 4.78 is 5.66. The zero-order valence-corrected chi connectivity index (χ0v) is 21.2. The quantitative estimate of drug-likeness (QED) is 0.268. The van der Waals surface area contributed by atoms with Crippen molar-refractivity contribution in [2.24, 2.45) is 0 Å². The van der Waals surface area contributed by atoms with Crippen molar-refractivity contribution in [2.75, 3.05) is 4.90 Å². The number of aromatic nitrogens is 2. The number of para-hydroxylation sites is 1. The molecule has 0 radical (unpaired) electrons. The first-order valence-electron chi connectivity index (χ1n) is 9.69. The van der Waals surface area contributed by atoms with Crippen LogP contribution < -0.4 is 9.64 Å². The number of carbonyl (C=O) groups excluding carboxylic acids is 1. The van der Waals surface area contributed by atoms with Gasteiger partial charge in [-0.1, -0.05) is 58.3 Å². The highest BCUT2D eigenvalue weighted by molar-refractivity contribution is 8.01. The summed E-state index contributed by atoms with van der Waals surface area (Å²) >= 11 is 20.2. The molecule has 15 heteroatoms. The van der Waals surface area contributed by atoms with Gasteiger partial charge in [0, 0.05) is 11.1 Å². The Kier molecular flexibility index (Phi) is 7.67. The van der Waals surface area contributed by atoms with Crippen molar-refractivity contribution in [2.45, 2.75) is 23.7 Å². The van der Waals surface area contributed by atoms with E-state index in [0.29, 0.717) is 10.0 Å². The zero-order chi connectivity index (χ0) is 25.3. The van der Waals surface area contributed by atoms with Crippen LogP contribution >= 0.6 is 57.9 Å². The second kappa shape index (κ2) is 10.5. The maximum atomic E-state index is 13.1. The van der Waals surface area contributed by atoms with Gasteiger partial charge in [-0.25, -0.2) is 0 Å². The molecule has 0 saturated carbocycles. The predicted molar refractivity (Wildman–Crippen MR) is 133 cm³/mol. The summed E-state index contributed by atoms with van der Waals surface area (Å²) in [6, 6.07) is 8.90. The van der Waals surface area contributed by atoms with E-state index in [1.165, 1.54) is 35.2 Å². The van der Waals surface area contributed by atoms with E-state index in [1.807, 2.05) is 0 Å². The number of hydrogen-bond acceptors (Lipinski definition) is 9. The lowest BCUT2D eigenvalue weighted by molar-refractivity contribution is -0.385. The van der Waals surface area contributed by atoms with Crippen LogP contribution in [0.2, 0.25) is 15.1 Å². The standard InChI is InChI=1S/C20H13Cl3N4O6S2/c21-9-5-11(22)17(12(23)6-9)33-8-15-24-25-20(35-15)26-18(30)14(7-16(28)29)34-19(26)10-3-1-2-4-13(10)27(31)32/h1-6,14,19H,7-8H2,(H,28,29). The molecule has 1 aromatic heterocycles. The normalized spacial score (nSPS) is 17.6. The summed E-state index contributed by atoms with van der Waals surface area (Å²) in [4.78, 5) is 36.7. The van der Waals surface area contributed by atoms with Crippen molar-refractivity contribution in [3.05, 3.63) is 72.2 Å². The maximum Gasteiger partial charge on any atom is 0.305 e. The van der Waals surface area contributed by atoms with E-state index in [4.69, 9.17) is 39.5 Å². The van der Waals surface area contributed by atoms with Crippen LogP contribution in [0, 0.1) is 10.1 Å². The molecule has 1 amide bonds. The Morgan fingerprint density at radius 1 is 1.20 bits per heavy atom. The predicted octanol–water partition coefficient (Wildman–Crippen LogP) is 5.61. The van der Waals surface area contributed by atoms with Gasteiger partial charge in [0.1, 0.15) is 12.0 Å². The molecule has 4 rings (SSSR count). The minimum Gasteiger partial charge on any atom is -0.483 e. The van der Waals surface area contributed by atoms with E-state index in [9.17, 15) is 24.8 Å². The number of rotatable bonds is 8. The van der Waals surface area contributed by atoms with Gasteiger partial charge < -0.3 is 9.84 Å². The first-order valence-corrected chi connectivity index (χ1v) is 12.6. The lowest BCUT2D eigenvalue weighted by Crippen LogP contribution is -2.32. The molecule has 0 aliphatic carbocycles. The Bertz CT molecular complexity index is 1300. The average Bonchev–Trinajstić information content (AvgIpc) is 3.37. The monoisotopic (exact) mass is 574 g/mol. The van der Waals surface area contributed by atoms with Crippen LogP contribution in [0.15, 0.2) is 36.4 Å². The largest absolute Gasteiger partial charge is 0.483 e. The van der Waals surface area contributed by atoms with Gasteiger partial charge in [-0.3, -0.25) is 24.6 Å². The molecular formula is C20H13Cl3N4O6S2. The van der Waals surface area contributed by atoms with Crippen molar-refractivity contribution in [1.82, 2.24) is 10.2 Å². The molecule has 0 bridgehead atoms. The van der Waals surface area contributed by atoms with Crippen LogP contribution in [0.1, 0.15) is 22.4 Å². The lowest BCUT2D eigenvalue weighted by Gasteiger charge is -2.20. The topological polar surface area (TPSA) is 136 Å². The second-order valence-corrected chi connectivity index (χ2v) is 10.6. The van der Waals surface area contributed by atoms with Gasteiger partial charge in [-0.15, -0.1) is 22.0 Å². The minimum absolute atomic E-state index is 0.0807. The SMILES string of the molecule is O=C(O)CC1SC(c2ccccc2[N+](=O)[O-])N(c2nnc(COc3c(Cl)cc(Cl)cc3Cl)s2)C1=O. The number of ether oxygens (including phenoxy) is 1. The minimum atomic E-state index is -1.16. The van der Waals surface area contributed by atoms with Gasteiger partial charge in [-0.2, -0.15) is 0 Å². The summed E-state index contributed by atoms with van der Waals surface area (Å²) in [6.07, 6.45) is -0.445. The third kappa shape index (κ3) is 5.46. The number of nitrogens with zero attached hydrogens (tertiary/aromatic N) is 4. The van der Waals surface area contributed by atoms with Crippen LogP contribution in [0.4, 0.5) is 10.8 Å².